The van der Waals surface area contributed by atoms with Gasteiger partial charge in [0.25, 0.3) is 0 Å². The van der Waals surface area contributed by atoms with Crippen LogP contribution in [0.2, 0.25) is 0 Å². The second kappa shape index (κ2) is 3.84. The van der Waals surface area contributed by atoms with Crippen LogP contribution < -0.4 is 0 Å². The third-order valence-electron chi connectivity index (χ3n) is 4.90. The van der Waals surface area contributed by atoms with Crippen molar-refractivity contribution in [2.75, 3.05) is 0 Å². The Bertz CT molecular complexity index is 392. The molecule has 1 aromatic rings. The summed E-state index contributed by atoms with van der Waals surface area (Å²) in [5.74, 6) is 0.328. The lowest BCUT2D eigenvalue weighted by molar-refractivity contribution is 0.130. The van der Waals surface area contributed by atoms with Crippen molar-refractivity contribution in [3.05, 3.63) is 18.0 Å². The number of rotatable bonds is 4. The predicted octanol–water partition coefficient (Wildman–Crippen LogP) is 3.01. The highest BCUT2D eigenvalue weighted by Gasteiger charge is 2.67. The van der Waals surface area contributed by atoms with Gasteiger partial charge in [0.05, 0.1) is 12.3 Å². The Kier molecular flexibility index (Phi) is 2.85. The lowest BCUT2D eigenvalue weighted by Gasteiger charge is -2.10. The van der Waals surface area contributed by atoms with Crippen molar-refractivity contribution in [3.8, 4) is 0 Å². The third-order valence-corrected chi connectivity index (χ3v) is 4.90. The van der Waals surface area contributed by atoms with Crippen molar-refractivity contribution in [3.63, 3.8) is 0 Å². The van der Waals surface area contributed by atoms with Crippen molar-refractivity contribution in [1.29, 1.82) is 0 Å². The molecular weight excluding hydrogens is 212 g/mol. The molecule has 3 nitrogen and oxygen atoms in total. The molecule has 1 aliphatic rings. The zero-order valence-electron chi connectivity index (χ0n) is 11.6. The molecule has 0 aliphatic heterocycles. The summed E-state index contributed by atoms with van der Waals surface area (Å²) in [7, 11) is 0. The molecule has 0 bridgehead atoms. The van der Waals surface area contributed by atoms with E-state index < -0.39 is 0 Å². The highest BCUT2D eigenvalue weighted by atomic mass is 16.3. The molecule has 0 aromatic carbocycles. The van der Waals surface area contributed by atoms with Crippen molar-refractivity contribution in [2.45, 2.75) is 53.7 Å². The van der Waals surface area contributed by atoms with Crippen LogP contribution in [0.5, 0.6) is 0 Å². The number of aliphatic hydroxyl groups is 1. The maximum absolute atomic E-state index is 10.5. The summed E-state index contributed by atoms with van der Waals surface area (Å²) in [4.78, 5) is 0. The zero-order valence-corrected chi connectivity index (χ0v) is 11.6. The molecule has 1 saturated carbocycles. The smallest absolute Gasteiger partial charge is 0.0859 e. The Morgan fingerprint density at radius 1 is 1.35 bits per heavy atom. The van der Waals surface area contributed by atoms with Crippen LogP contribution in [0.3, 0.4) is 0 Å². The molecule has 1 fully saturated rings. The molecular formula is C14H24N2O. The molecule has 1 aliphatic carbocycles. The average molecular weight is 236 g/mol. The van der Waals surface area contributed by atoms with Gasteiger partial charge in [-0.1, -0.05) is 34.6 Å². The van der Waals surface area contributed by atoms with E-state index in [0.29, 0.717) is 5.92 Å². The van der Waals surface area contributed by atoms with Crippen LogP contribution in [0.1, 0.15) is 52.7 Å². The van der Waals surface area contributed by atoms with Crippen LogP contribution in [0.4, 0.5) is 0 Å². The Hall–Kier alpha value is -0.830. The van der Waals surface area contributed by atoms with E-state index in [4.69, 9.17) is 0 Å². The van der Waals surface area contributed by atoms with Crippen molar-refractivity contribution >= 4 is 0 Å². The summed E-state index contributed by atoms with van der Waals surface area (Å²) in [6.45, 7) is 12.0. The number of hydrogen-bond acceptors (Lipinski definition) is 2. The number of aliphatic hydroxyl groups excluding tert-OH is 1. The van der Waals surface area contributed by atoms with Gasteiger partial charge in [0.2, 0.25) is 0 Å². The Labute approximate surface area is 104 Å². The molecule has 0 spiro atoms. The normalized spacial score (nSPS) is 23.6. The predicted molar refractivity (Wildman–Crippen MR) is 68.5 cm³/mol. The van der Waals surface area contributed by atoms with Gasteiger partial charge in [0.15, 0.2) is 0 Å². The highest BCUT2D eigenvalue weighted by molar-refractivity contribution is 5.22. The largest absolute Gasteiger partial charge is 0.388 e. The van der Waals surface area contributed by atoms with Gasteiger partial charge in [-0.05, 0) is 17.3 Å². The minimum atomic E-state index is -0.384. The summed E-state index contributed by atoms with van der Waals surface area (Å²) in [5.41, 5.74) is 1.38. The molecule has 1 heterocycles. The fourth-order valence-electron chi connectivity index (χ4n) is 3.11. The van der Waals surface area contributed by atoms with Gasteiger partial charge in [0.1, 0.15) is 0 Å². The van der Waals surface area contributed by atoms with Crippen molar-refractivity contribution in [2.24, 2.45) is 16.7 Å². The van der Waals surface area contributed by atoms with Crippen LogP contribution in [0.25, 0.3) is 0 Å². The molecule has 1 aromatic heterocycles. The molecule has 17 heavy (non-hydrogen) atoms. The van der Waals surface area contributed by atoms with E-state index in [0.717, 1.165) is 18.5 Å². The molecule has 0 radical (unpaired) electrons. The van der Waals surface area contributed by atoms with Crippen LogP contribution in [0.15, 0.2) is 12.4 Å². The number of aryl methyl sites for hydroxylation is 1. The van der Waals surface area contributed by atoms with Gasteiger partial charge in [-0.3, -0.25) is 4.68 Å². The molecule has 0 saturated heterocycles. The van der Waals surface area contributed by atoms with Crippen molar-refractivity contribution in [1.82, 2.24) is 9.78 Å². The molecule has 0 amide bonds. The van der Waals surface area contributed by atoms with Gasteiger partial charge in [0, 0.05) is 24.2 Å². The maximum atomic E-state index is 10.5. The van der Waals surface area contributed by atoms with Crippen LogP contribution >= 0.6 is 0 Å². The lowest BCUT2D eigenvalue weighted by Crippen LogP contribution is -2.04. The first-order valence-electron chi connectivity index (χ1n) is 6.52. The van der Waals surface area contributed by atoms with E-state index >= 15 is 0 Å². The van der Waals surface area contributed by atoms with E-state index in [2.05, 4.69) is 39.7 Å². The van der Waals surface area contributed by atoms with Crippen LogP contribution in [-0.4, -0.2) is 14.9 Å². The molecule has 3 heteroatoms. The van der Waals surface area contributed by atoms with Crippen LogP contribution in [0, 0.1) is 16.7 Å². The Morgan fingerprint density at radius 3 is 2.41 bits per heavy atom. The maximum Gasteiger partial charge on any atom is 0.0859 e. The fourth-order valence-corrected chi connectivity index (χ4v) is 3.11. The third kappa shape index (κ3) is 1.81. The highest BCUT2D eigenvalue weighted by Crippen LogP contribution is 2.72. The minimum Gasteiger partial charge on any atom is -0.388 e. The first-order valence-corrected chi connectivity index (χ1v) is 6.52. The SMILES string of the molecule is CCCn1cc(C(O)C2C(C)(C)C2(C)C)cn1. The summed E-state index contributed by atoms with van der Waals surface area (Å²) < 4.78 is 1.92. The molecule has 1 N–H and O–H groups in total. The number of hydrogen-bond donors (Lipinski definition) is 1. The summed E-state index contributed by atoms with van der Waals surface area (Å²) in [5, 5.41) is 14.7. The summed E-state index contributed by atoms with van der Waals surface area (Å²) in [6, 6.07) is 0. The second-order valence-corrected chi connectivity index (χ2v) is 6.40. The lowest BCUT2D eigenvalue weighted by atomic mass is 10.0. The average Bonchev–Trinajstić information content (AvgIpc) is 2.59. The summed E-state index contributed by atoms with van der Waals surface area (Å²) >= 11 is 0. The van der Waals surface area contributed by atoms with Gasteiger partial charge < -0.3 is 5.11 Å². The van der Waals surface area contributed by atoms with Crippen molar-refractivity contribution < 1.29 is 5.11 Å². The first-order chi connectivity index (χ1) is 7.82. The molecule has 96 valence electrons. The minimum absolute atomic E-state index is 0.208. The van der Waals surface area contributed by atoms with E-state index in [1.165, 1.54) is 0 Å². The number of nitrogens with zero attached hydrogens (tertiary/aromatic N) is 2. The Morgan fingerprint density at radius 2 is 1.94 bits per heavy atom. The second-order valence-electron chi connectivity index (χ2n) is 6.40. The van der Waals surface area contributed by atoms with Crippen LogP contribution in [-0.2, 0) is 6.54 Å². The monoisotopic (exact) mass is 236 g/mol. The van der Waals surface area contributed by atoms with E-state index in [1.807, 2.05) is 17.1 Å². The molecule has 2 rings (SSSR count). The molecule has 1 atom stereocenters. The quantitative estimate of drug-likeness (QED) is 0.872. The fraction of sp³-hybridized carbons (Fsp3) is 0.786. The van der Waals surface area contributed by atoms with E-state index in [-0.39, 0.29) is 16.9 Å². The van der Waals surface area contributed by atoms with Gasteiger partial charge in [-0.2, -0.15) is 5.10 Å². The molecule has 1 unspecified atom stereocenters. The zero-order chi connectivity index (χ0) is 12.8. The number of aromatic nitrogens is 2. The van der Waals surface area contributed by atoms with E-state index in [1.54, 1.807) is 0 Å². The summed E-state index contributed by atoms with van der Waals surface area (Å²) in [6.07, 6.45) is 4.48. The Balaban J connectivity index is 2.13. The van der Waals surface area contributed by atoms with Gasteiger partial charge in [-0.15, -0.1) is 0 Å². The van der Waals surface area contributed by atoms with Gasteiger partial charge >= 0.3 is 0 Å². The first kappa shape index (κ1) is 12.6. The van der Waals surface area contributed by atoms with Gasteiger partial charge in [-0.25, -0.2) is 0 Å². The van der Waals surface area contributed by atoms with E-state index in [9.17, 15) is 5.11 Å². The topological polar surface area (TPSA) is 38.0 Å². The standard InChI is InChI=1S/C14H24N2O/c1-6-7-16-9-10(8-15-16)11(17)12-13(2,3)14(12,4)5/h8-9,11-12,17H,6-7H2,1-5H3.